The average Bonchev–Trinajstić information content (AvgIpc) is 2.95. The van der Waals surface area contributed by atoms with E-state index in [2.05, 4.69) is 38.2 Å². The number of rotatable bonds is 4. The van der Waals surface area contributed by atoms with Gasteiger partial charge in [-0.1, -0.05) is 68.2 Å². The molecule has 5 heteroatoms. The summed E-state index contributed by atoms with van der Waals surface area (Å²) in [4.78, 5) is 6.11. The Balaban J connectivity index is 1.92. The molecule has 0 saturated carbocycles. The molecular formula is C20H20Cl2N2S. The zero-order valence-corrected chi connectivity index (χ0v) is 16.8. The summed E-state index contributed by atoms with van der Waals surface area (Å²) in [5.41, 5.74) is 3.18. The van der Waals surface area contributed by atoms with Crippen molar-refractivity contribution in [2.24, 2.45) is 0 Å². The lowest BCUT2D eigenvalue weighted by Crippen LogP contribution is -2.14. The molecule has 0 saturated heterocycles. The van der Waals surface area contributed by atoms with Gasteiger partial charge in [-0.3, -0.25) is 0 Å². The number of anilines is 2. The highest BCUT2D eigenvalue weighted by molar-refractivity contribution is 7.15. The van der Waals surface area contributed by atoms with Gasteiger partial charge in [0, 0.05) is 21.7 Å². The lowest BCUT2D eigenvalue weighted by molar-refractivity contribution is 0.568. The molecule has 2 aromatic carbocycles. The number of halogens is 2. The van der Waals surface area contributed by atoms with Crippen LogP contribution in [0.3, 0.4) is 0 Å². The molecule has 0 fully saturated rings. The smallest absolute Gasteiger partial charge is 0.187 e. The molecule has 0 spiro atoms. The second-order valence-electron chi connectivity index (χ2n) is 6.95. The Labute approximate surface area is 162 Å². The van der Waals surface area contributed by atoms with Gasteiger partial charge >= 0.3 is 0 Å². The zero-order chi connectivity index (χ0) is 18.0. The molecule has 0 aliphatic rings. The van der Waals surface area contributed by atoms with E-state index in [0.717, 1.165) is 28.0 Å². The second-order valence-corrected chi connectivity index (χ2v) is 8.88. The standard InChI is InChI=1S/C20H20Cl2N2S/c1-20(2,3)18-17(12-13-8-10-14(21)11-9-13)25-19(24-18)23-16-7-5-4-6-15(16)22/h4-11H,12H2,1-3H3,(H,23,24). The molecule has 0 bridgehead atoms. The van der Waals surface area contributed by atoms with Crippen LogP contribution in [0.25, 0.3) is 0 Å². The van der Waals surface area contributed by atoms with Crippen LogP contribution in [0.15, 0.2) is 48.5 Å². The molecule has 1 heterocycles. The number of nitrogens with one attached hydrogen (secondary N) is 1. The van der Waals surface area contributed by atoms with E-state index in [9.17, 15) is 0 Å². The number of hydrogen-bond donors (Lipinski definition) is 1. The predicted octanol–water partition coefficient (Wildman–Crippen LogP) is 7.08. The molecular weight excluding hydrogens is 371 g/mol. The van der Waals surface area contributed by atoms with Crippen molar-refractivity contribution >= 4 is 45.4 Å². The number of nitrogens with zero attached hydrogens (tertiary/aromatic N) is 1. The van der Waals surface area contributed by atoms with Gasteiger partial charge in [0.1, 0.15) is 0 Å². The summed E-state index contributed by atoms with van der Waals surface area (Å²) in [6, 6.07) is 15.7. The molecule has 0 atom stereocenters. The van der Waals surface area contributed by atoms with E-state index < -0.39 is 0 Å². The normalized spacial score (nSPS) is 11.6. The Morgan fingerprint density at radius 2 is 1.68 bits per heavy atom. The first-order chi connectivity index (χ1) is 11.8. The van der Waals surface area contributed by atoms with Crippen molar-refractivity contribution in [2.75, 3.05) is 5.32 Å². The lowest BCUT2D eigenvalue weighted by Gasteiger charge is -2.17. The van der Waals surface area contributed by atoms with Crippen LogP contribution in [0, 0.1) is 0 Å². The molecule has 0 aliphatic carbocycles. The van der Waals surface area contributed by atoms with Gasteiger partial charge < -0.3 is 5.32 Å². The van der Waals surface area contributed by atoms with E-state index in [0.29, 0.717) is 5.02 Å². The maximum absolute atomic E-state index is 6.26. The molecule has 0 aliphatic heterocycles. The monoisotopic (exact) mass is 390 g/mol. The third kappa shape index (κ3) is 4.55. The van der Waals surface area contributed by atoms with Gasteiger partial charge in [0.15, 0.2) is 5.13 Å². The minimum Gasteiger partial charge on any atom is -0.330 e. The van der Waals surface area contributed by atoms with Crippen LogP contribution < -0.4 is 5.32 Å². The molecule has 3 rings (SSSR count). The second kappa shape index (κ2) is 7.36. The third-order valence-electron chi connectivity index (χ3n) is 3.80. The Morgan fingerprint density at radius 1 is 1.00 bits per heavy atom. The van der Waals surface area contributed by atoms with Crippen LogP contribution in [0.5, 0.6) is 0 Å². The van der Waals surface area contributed by atoms with Crippen LogP contribution in [0.4, 0.5) is 10.8 Å². The fourth-order valence-electron chi connectivity index (χ4n) is 2.58. The van der Waals surface area contributed by atoms with E-state index in [1.165, 1.54) is 10.4 Å². The summed E-state index contributed by atoms with van der Waals surface area (Å²) < 4.78 is 0. The topological polar surface area (TPSA) is 24.9 Å². The molecule has 2 nitrogen and oxygen atoms in total. The SMILES string of the molecule is CC(C)(C)c1nc(Nc2ccccc2Cl)sc1Cc1ccc(Cl)cc1. The highest BCUT2D eigenvalue weighted by Crippen LogP contribution is 2.36. The highest BCUT2D eigenvalue weighted by atomic mass is 35.5. The number of thiazole rings is 1. The zero-order valence-electron chi connectivity index (χ0n) is 14.4. The highest BCUT2D eigenvalue weighted by Gasteiger charge is 2.23. The van der Waals surface area contributed by atoms with Crippen molar-refractivity contribution in [3.05, 3.63) is 74.7 Å². The summed E-state index contributed by atoms with van der Waals surface area (Å²) in [5, 5.41) is 5.66. The van der Waals surface area contributed by atoms with Crippen molar-refractivity contribution in [2.45, 2.75) is 32.6 Å². The molecule has 0 radical (unpaired) electrons. The fraction of sp³-hybridized carbons (Fsp3) is 0.250. The molecule has 1 aromatic heterocycles. The van der Waals surface area contributed by atoms with E-state index in [-0.39, 0.29) is 5.41 Å². The van der Waals surface area contributed by atoms with Gasteiger partial charge in [0.05, 0.1) is 16.4 Å². The molecule has 25 heavy (non-hydrogen) atoms. The summed E-state index contributed by atoms with van der Waals surface area (Å²) in [7, 11) is 0. The third-order valence-corrected chi connectivity index (χ3v) is 5.35. The summed E-state index contributed by atoms with van der Waals surface area (Å²) >= 11 is 13.9. The van der Waals surface area contributed by atoms with Gasteiger partial charge in [-0.05, 0) is 29.8 Å². The number of aromatic nitrogens is 1. The summed E-state index contributed by atoms with van der Waals surface area (Å²) in [6.45, 7) is 6.56. The van der Waals surface area contributed by atoms with Crippen molar-refractivity contribution < 1.29 is 0 Å². The number of benzene rings is 2. The van der Waals surface area contributed by atoms with E-state index in [1.807, 2.05) is 36.4 Å². The lowest BCUT2D eigenvalue weighted by atomic mass is 9.90. The largest absolute Gasteiger partial charge is 0.330 e. The average molecular weight is 391 g/mol. The predicted molar refractivity (Wildman–Crippen MR) is 110 cm³/mol. The van der Waals surface area contributed by atoms with Crippen molar-refractivity contribution in [1.82, 2.24) is 4.98 Å². The Hall–Kier alpha value is -1.55. The van der Waals surface area contributed by atoms with Gasteiger partial charge in [0.2, 0.25) is 0 Å². The van der Waals surface area contributed by atoms with Gasteiger partial charge in [-0.2, -0.15) is 0 Å². The molecule has 3 aromatic rings. The molecule has 1 N–H and O–H groups in total. The fourth-order valence-corrected chi connectivity index (χ4v) is 4.10. The summed E-state index contributed by atoms with van der Waals surface area (Å²) in [5.74, 6) is 0. The molecule has 0 amide bonds. The van der Waals surface area contributed by atoms with E-state index in [4.69, 9.17) is 28.2 Å². The van der Waals surface area contributed by atoms with Crippen molar-refractivity contribution in [1.29, 1.82) is 0 Å². The van der Waals surface area contributed by atoms with Crippen molar-refractivity contribution in [3.8, 4) is 0 Å². The molecule has 0 unspecified atom stereocenters. The summed E-state index contributed by atoms with van der Waals surface area (Å²) in [6.07, 6.45) is 0.839. The van der Waals surface area contributed by atoms with E-state index >= 15 is 0 Å². The van der Waals surface area contributed by atoms with Crippen LogP contribution in [-0.4, -0.2) is 4.98 Å². The van der Waals surface area contributed by atoms with E-state index in [1.54, 1.807) is 11.3 Å². The van der Waals surface area contributed by atoms with Crippen LogP contribution in [-0.2, 0) is 11.8 Å². The molecule has 130 valence electrons. The Bertz CT molecular complexity index is 864. The number of para-hydroxylation sites is 1. The number of hydrogen-bond acceptors (Lipinski definition) is 3. The maximum atomic E-state index is 6.26. The minimum absolute atomic E-state index is 0.0291. The Morgan fingerprint density at radius 3 is 2.32 bits per heavy atom. The minimum atomic E-state index is -0.0291. The van der Waals surface area contributed by atoms with Crippen LogP contribution in [0.2, 0.25) is 10.0 Å². The van der Waals surface area contributed by atoms with Gasteiger partial charge in [0.25, 0.3) is 0 Å². The maximum Gasteiger partial charge on any atom is 0.187 e. The van der Waals surface area contributed by atoms with Crippen LogP contribution in [0.1, 0.15) is 36.9 Å². The van der Waals surface area contributed by atoms with Gasteiger partial charge in [-0.15, -0.1) is 11.3 Å². The quantitative estimate of drug-likeness (QED) is 0.514. The van der Waals surface area contributed by atoms with Crippen molar-refractivity contribution in [3.63, 3.8) is 0 Å². The Kier molecular flexibility index (Phi) is 5.38. The first kappa shape index (κ1) is 18.2. The van der Waals surface area contributed by atoms with Crippen LogP contribution >= 0.6 is 34.5 Å². The first-order valence-corrected chi connectivity index (χ1v) is 9.66. The first-order valence-electron chi connectivity index (χ1n) is 8.09. The van der Waals surface area contributed by atoms with Gasteiger partial charge in [-0.25, -0.2) is 4.98 Å².